The fourth-order valence-corrected chi connectivity index (χ4v) is 5.17. The molecule has 0 radical (unpaired) electrons. The SMILES string of the molecule is CC1CCCN(C(=O)Cn2cnc3sc4c(c3c2=O)CCCC4)C1. The quantitative estimate of drug-likeness (QED) is 0.841. The van der Waals surface area contributed by atoms with Crippen LogP contribution in [-0.2, 0) is 24.2 Å². The lowest BCUT2D eigenvalue weighted by atomic mass is 9.97. The van der Waals surface area contributed by atoms with E-state index in [1.807, 2.05) is 4.90 Å². The van der Waals surface area contributed by atoms with Crippen LogP contribution in [0.2, 0.25) is 0 Å². The van der Waals surface area contributed by atoms with Gasteiger partial charge in [-0.15, -0.1) is 11.3 Å². The topological polar surface area (TPSA) is 55.2 Å². The first-order chi connectivity index (χ1) is 11.6. The number of rotatable bonds is 2. The van der Waals surface area contributed by atoms with Crippen molar-refractivity contribution in [3.8, 4) is 0 Å². The van der Waals surface area contributed by atoms with E-state index in [9.17, 15) is 9.59 Å². The predicted octanol–water partition coefficient (Wildman–Crippen LogP) is 2.60. The van der Waals surface area contributed by atoms with Crippen LogP contribution < -0.4 is 5.56 Å². The fourth-order valence-electron chi connectivity index (χ4n) is 3.96. The Morgan fingerprint density at radius 3 is 3.00 bits per heavy atom. The molecule has 1 saturated heterocycles. The first kappa shape index (κ1) is 15.8. The molecular weight excluding hydrogens is 322 g/mol. The highest BCUT2D eigenvalue weighted by Gasteiger charge is 2.23. The maximum absolute atomic E-state index is 12.9. The molecule has 1 amide bonds. The second-order valence-electron chi connectivity index (χ2n) is 7.16. The molecule has 0 saturated carbocycles. The monoisotopic (exact) mass is 345 g/mol. The van der Waals surface area contributed by atoms with Gasteiger partial charge in [0, 0.05) is 18.0 Å². The molecule has 5 nitrogen and oxygen atoms in total. The predicted molar refractivity (Wildman–Crippen MR) is 95.5 cm³/mol. The number of carbonyl (C=O) groups is 1. The van der Waals surface area contributed by atoms with Crippen LogP contribution in [0.25, 0.3) is 10.2 Å². The van der Waals surface area contributed by atoms with Crippen LogP contribution >= 0.6 is 11.3 Å². The normalized spacial score (nSPS) is 21.0. The highest BCUT2D eigenvalue weighted by Crippen LogP contribution is 2.33. The van der Waals surface area contributed by atoms with Crippen molar-refractivity contribution in [2.75, 3.05) is 13.1 Å². The van der Waals surface area contributed by atoms with Gasteiger partial charge in [0.2, 0.25) is 5.91 Å². The van der Waals surface area contributed by atoms with Gasteiger partial charge in [0.05, 0.1) is 11.7 Å². The molecule has 1 aliphatic carbocycles. The number of aryl methyl sites for hydroxylation is 2. The van der Waals surface area contributed by atoms with E-state index in [0.717, 1.165) is 49.0 Å². The zero-order valence-electron chi connectivity index (χ0n) is 14.1. The van der Waals surface area contributed by atoms with Gasteiger partial charge in [-0.2, -0.15) is 0 Å². The molecule has 0 bridgehead atoms. The summed E-state index contributed by atoms with van der Waals surface area (Å²) in [6, 6.07) is 0. The maximum Gasteiger partial charge on any atom is 0.262 e. The minimum atomic E-state index is -0.0437. The molecule has 1 unspecified atom stereocenters. The summed E-state index contributed by atoms with van der Waals surface area (Å²) in [5.41, 5.74) is 1.14. The number of amides is 1. The van der Waals surface area contributed by atoms with E-state index in [-0.39, 0.29) is 18.0 Å². The molecule has 24 heavy (non-hydrogen) atoms. The molecule has 2 aliphatic rings. The molecule has 0 aromatic carbocycles. The van der Waals surface area contributed by atoms with Gasteiger partial charge in [0.15, 0.2) is 0 Å². The van der Waals surface area contributed by atoms with Gasteiger partial charge in [-0.1, -0.05) is 6.92 Å². The summed E-state index contributed by atoms with van der Waals surface area (Å²) >= 11 is 1.65. The molecule has 1 aliphatic heterocycles. The van der Waals surface area contributed by atoms with Crippen molar-refractivity contribution in [2.24, 2.45) is 5.92 Å². The number of aromatic nitrogens is 2. The zero-order chi connectivity index (χ0) is 16.7. The number of thiophene rings is 1. The third-order valence-corrected chi connectivity index (χ3v) is 6.46. The molecule has 2 aromatic heterocycles. The number of hydrogen-bond acceptors (Lipinski definition) is 4. The average molecular weight is 345 g/mol. The number of fused-ring (bicyclic) bond motifs is 3. The summed E-state index contributed by atoms with van der Waals surface area (Å²) in [4.78, 5) is 34.0. The Kier molecular flexibility index (Phi) is 4.16. The van der Waals surface area contributed by atoms with E-state index in [1.54, 1.807) is 17.7 Å². The van der Waals surface area contributed by atoms with Crippen molar-refractivity contribution in [1.82, 2.24) is 14.5 Å². The third kappa shape index (κ3) is 2.77. The van der Waals surface area contributed by atoms with Gasteiger partial charge in [-0.05, 0) is 50.0 Å². The van der Waals surface area contributed by atoms with Gasteiger partial charge >= 0.3 is 0 Å². The number of likely N-dealkylation sites (tertiary alicyclic amines) is 1. The Morgan fingerprint density at radius 2 is 2.17 bits per heavy atom. The van der Waals surface area contributed by atoms with Gasteiger partial charge < -0.3 is 4.90 Å². The van der Waals surface area contributed by atoms with Crippen LogP contribution in [-0.4, -0.2) is 33.4 Å². The van der Waals surface area contributed by atoms with Crippen LogP contribution in [0.1, 0.15) is 43.0 Å². The Labute approximate surface area is 145 Å². The van der Waals surface area contributed by atoms with Gasteiger partial charge in [0.1, 0.15) is 11.4 Å². The zero-order valence-corrected chi connectivity index (χ0v) is 14.9. The molecule has 4 rings (SSSR count). The molecule has 128 valence electrons. The van der Waals surface area contributed by atoms with Crippen LogP contribution in [0.3, 0.4) is 0 Å². The smallest absolute Gasteiger partial charge is 0.262 e. The standard InChI is InChI=1S/C18H23N3O2S/c1-12-5-4-8-20(9-12)15(22)10-21-11-19-17-16(18(21)23)13-6-2-3-7-14(13)24-17/h11-12H,2-10H2,1H3. The van der Waals surface area contributed by atoms with E-state index in [0.29, 0.717) is 5.92 Å². The minimum absolute atomic E-state index is 0.0360. The van der Waals surface area contributed by atoms with Crippen LogP contribution in [0.15, 0.2) is 11.1 Å². The van der Waals surface area contributed by atoms with Crippen molar-refractivity contribution in [3.05, 3.63) is 27.1 Å². The molecular formula is C18H23N3O2S. The van der Waals surface area contributed by atoms with E-state index in [1.165, 1.54) is 27.8 Å². The Bertz CT molecular complexity index is 839. The average Bonchev–Trinajstić information content (AvgIpc) is 2.96. The van der Waals surface area contributed by atoms with E-state index < -0.39 is 0 Å². The van der Waals surface area contributed by atoms with Crippen LogP contribution in [0, 0.1) is 5.92 Å². The fraction of sp³-hybridized carbons (Fsp3) is 0.611. The van der Waals surface area contributed by atoms with Crippen molar-refractivity contribution in [1.29, 1.82) is 0 Å². The summed E-state index contributed by atoms with van der Waals surface area (Å²) < 4.78 is 1.51. The number of hydrogen-bond donors (Lipinski definition) is 0. The van der Waals surface area contributed by atoms with Gasteiger partial charge in [-0.3, -0.25) is 14.2 Å². The molecule has 1 fully saturated rings. The van der Waals surface area contributed by atoms with Gasteiger partial charge in [-0.25, -0.2) is 4.98 Å². The first-order valence-corrected chi connectivity index (χ1v) is 9.72. The number of piperidine rings is 1. The lowest BCUT2D eigenvalue weighted by molar-refractivity contribution is -0.133. The second-order valence-corrected chi connectivity index (χ2v) is 8.24. The van der Waals surface area contributed by atoms with Crippen LogP contribution in [0.4, 0.5) is 0 Å². The van der Waals surface area contributed by atoms with Gasteiger partial charge in [0.25, 0.3) is 5.56 Å². The summed E-state index contributed by atoms with van der Waals surface area (Å²) in [6.07, 6.45) is 8.14. The third-order valence-electron chi connectivity index (χ3n) is 5.26. The largest absolute Gasteiger partial charge is 0.341 e. The Balaban J connectivity index is 1.64. The molecule has 0 spiro atoms. The lowest BCUT2D eigenvalue weighted by Crippen LogP contribution is -2.42. The molecule has 0 N–H and O–H groups in total. The molecule has 3 heterocycles. The lowest BCUT2D eigenvalue weighted by Gasteiger charge is -2.31. The molecule has 1 atom stereocenters. The van der Waals surface area contributed by atoms with E-state index in [4.69, 9.17) is 0 Å². The van der Waals surface area contributed by atoms with Crippen molar-refractivity contribution in [3.63, 3.8) is 0 Å². The molecule has 2 aromatic rings. The number of carbonyl (C=O) groups excluding carboxylic acids is 1. The van der Waals surface area contributed by atoms with Crippen LogP contribution in [0.5, 0.6) is 0 Å². The van der Waals surface area contributed by atoms with Crippen molar-refractivity contribution in [2.45, 2.75) is 52.0 Å². The minimum Gasteiger partial charge on any atom is -0.341 e. The highest BCUT2D eigenvalue weighted by atomic mass is 32.1. The first-order valence-electron chi connectivity index (χ1n) is 8.91. The van der Waals surface area contributed by atoms with E-state index in [2.05, 4.69) is 11.9 Å². The Morgan fingerprint density at radius 1 is 1.33 bits per heavy atom. The number of nitrogens with zero attached hydrogens (tertiary/aromatic N) is 3. The Hall–Kier alpha value is -1.69. The second kappa shape index (κ2) is 6.31. The molecule has 6 heteroatoms. The highest BCUT2D eigenvalue weighted by molar-refractivity contribution is 7.18. The summed E-state index contributed by atoms with van der Waals surface area (Å²) in [7, 11) is 0. The summed E-state index contributed by atoms with van der Waals surface area (Å²) in [5, 5.41) is 0.761. The summed E-state index contributed by atoms with van der Waals surface area (Å²) in [6.45, 7) is 3.90. The van der Waals surface area contributed by atoms with Crippen molar-refractivity contribution >= 4 is 27.5 Å². The maximum atomic E-state index is 12.9. The van der Waals surface area contributed by atoms with E-state index >= 15 is 0 Å². The summed E-state index contributed by atoms with van der Waals surface area (Å²) in [5.74, 6) is 0.581. The van der Waals surface area contributed by atoms with Crippen molar-refractivity contribution < 1.29 is 4.79 Å².